The molecule has 0 aliphatic heterocycles. The van der Waals surface area contributed by atoms with Gasteiger partial charge in [0.1, 0.15) is 23.1 Å². The standard InChI is InChI=1S/C26H38N6O5/c1-9-32(10-2)24-27-16-21(28-17(3)33)22(30-24)29-20(23(34)37-26(4,5)6)15-18-11-13-19(14-12-18)36-25(35)31(7)8/h11-14,16,20H,9-10,15H2,1-8H3,(H,28,33)(H,27,29,30)/t20-/m0/s1. The molecule has 0 spiro atoms. The molecule has 11 nitrogen and oxygen atoms in total. The van der Waals surface area contributed by atoms with E-state index in [0.717, 1.165) is 5.56 Å². The first-order valence-electron chi connectivity index (χ1n) is 12.2. The van der Waals surface area contributed by atoms with Gasteiger partial charge in [0, 0.05) is 40.5 Å². The van der Waals surface area contributed by atoms with Crippen LogP contribution >= 0.6 is 0 Å². The molecule has 1 aromatic carbocycles. The Morgan fingerprint density at radius 2 is 1.68 bits per heavy atom. The highest BCUT2D eigenvalue weighted by atomic mass is 16.6. The van der Waals surface area contributed by atoms with E-state index in [1.807, 2.05) is 18.7 Å². The highest BCUT2D eigenvalue weighted by molar-refractivity contribution is 5.92. The van der Waals surface area contributed by atoms with Crippen LogP contribution in [0.1, 0.15) is 47.1 Å². The molecule has 0 aliphatic rings. The summed E-state index contributed by atoms with van der Waals surface area (Å²) in [5.74, 6) is 0.388. The zero-order valence-electron chi connectivity index (χ0n) is 22.9. The summed E-state index contributed by atoms with van der Waals surface area (Å²) in [4.78, 5) is 49.1. The molecule has 1 atom stereocenters. The topological polar surface area (TPSA) is 126 Å². The number of carbonyl (C=O) groups excluding carboxylic acids is 3. The van der Waals surface area contributed by atoms with Gasteiger partial charge in [-0.25, -0.2) is 14.6 Å². The molecule has 2 rings (SSSR count). The quantitative estimate of drug-likeness (QED) is 0.456. The van der Waals surface area contributed by atoms with Gasteiger partial charge in [-0.05, 0) is 52.3 Å². The van der Waals surface area contributed by atoms with Crippen molar-refractivity contribution in [2.75, 3.05) is 42.7 Å². The zero-order chi connectivity index (χ0) is 27.8. The van der Waals surface area contributed by atoms with Gasteiger partial charge in [-0.15, -0.1) is 0 Å². The second-order valence-corrected chi connectivity index (χ2v) is 9.63. The fraction of sp³-hybridized carbons (Fsp3) is 0.500. The molecule has 1 heterocycles. The van der Waals surface area contributed by atoms with Crippen LogP contribution in [0.15, 0.2) is 30.5 Å². The number of anilines is 3. The van der Waals surface area contributed by atoms with Gasteiger partial charge in [0.05, 0.1) is 6.20 Å². The Morgan fingerprint density at radius 3 is 2.19 bits per heavy atom. The first-order valence-corrected chi connectivity index (χ1v) is 12.2. The highest BCUT2D eigenvalue weighted by Crippen LogP contribution is 2.24. The molecule has 11 heteroatoms. The number of benzene rings is 1. The largest absolute Gasteiger partial charge is 0.458 e. The van der Waals surface area contributed by atoms with Gasteiger partial charge in [-0.1, -0.05) is 12.1 Å². The number of amides is 2. The Bertz CT molecular complexity index is 1080. The smallest absolute Gasteiger partial charge is 0.414 e. The number of nitrogens with zero attached hydrogens (tertiary/aromatic N) is 4. The van der Waals surface area contributed by atoms with Crippen LogP contribution in [0.5, 0.6) is 5.75 Å². The number of aromatic nitrogens is 2. The van der Waals surface area contributed by atoms with Crippen LogP contribution in [-0.4, -0.2) is 71.7 Å². The van der Waals surface area contributed by atoms with E-state index in [4.69, 9.17) is 9.47 Å². The normalized spacial score (nSPS) is 11.8. The molecule has 1 aromatic heterocycles. The fourth-order valence-electron chi connectivity index (χ4n) is 3.28. The average Bonchev–Trinajstić information content (AvgIpc) is 2.80. The molecular weight excluding hydrogens is 476 g/mol. The predicted molar refractivity (Wildman–Crippen MR) is 143 cm³/mol. The van der Waals surface area contributed by atoms with Crippen molar-refractivity contribution >= 4 is 35.4 Å². The molecule has 0 fully saturated rings. The van der Waals surface area contributed by atoms with E-state index in [1.165, 1.54) is 18.0 Å². The van der Waals surface area contributed by atoms with Gasteiger partial charge in [-0.2, -0.15) is 4.98 Å². The molecule has 37 heavy (non-hydrogen) atoms. The number of esters is 1. The van der Waals surface area contributed by atoms with Crippen molar-refractivity contribution in [1.29, 1.82) is 0 Å². The van der Waals surface area contributed by atoms with E-state index in [-0.39, 0.29) is 12.3 Å². The number of carbonyl (C=O) groups is 3. The van der Waals surface area contributed by atoms with Gasteiger partial charge in [0.15, 0.2) is 5.82 Å². The molecule has 0 bridgehead atoms. The lowest BCUT2D eigenvalue weighted by atomic mass is 10.0. The van der Waals surface area contributed by atoms with Crippen LogP contribution < -0.4 is 20.3 Å². The van der Waals surface area contributed by atoms with Crippen LogP contribution in [0.4, 0.5) is 22.2 Å². The Hall–Kier alpha value is -3.89. The number of ether oxygens (including phenoxy) is 2. The molecule has 0 saturated carbocycles. The lowest BCUT2D eigenvalue weighted by molar-refractivity contribution is -0.155. The lowest BCUT2D eigenvalue weighted by Crippen LogP contribution is -2.38. The maximum Gasteiger partial charge on any atom is 0.414 e. The minimum atomic E-state index is -0.832. The summed E-state index contributed by atoms with van der Waals surface area (Å²) in [6.07, 6.45) is 1.28. The van der Waals surface area contributed by atoms with Gasteiger partial charge in [-0.3, -0.25) is 4.79 Å². The van der Waals surface area contributed by atoms with Crippen LogP contribution in [0, 0.1) is 0 Å². The molecule has 202 valence electrons. The number of hydrogen-bond donors (Lipinski definition) is 2. The first-order chi connectivity index (χ1) is 17.3. The van der Waals surface area contributed by atoms with Crippen molar-refractivity contribution in [3.63, 3.8) is 0 Å². The lowest BCUT2D eigenvalue weighted by Gasteiger charge is -2.26. The maximum atomic E-state index is 13.2. The Morgan fingerprint density at radius 1 is 1.05 bits per heavy atom. The maximum absolute atomic E-state index is 13.2. The number of rotatable bonds is 10. The molecule has 2 amide bonds. The van der Waals surface area contributed by atoms with E-state index in [9.17, 15) is 14.4 Å². The predicted octanol–water partition coefficient (Wildman–Crippen LogP) is 3.71. The van der Waals surface area contributed by atoms with E-state index in [0.29, 0.717) is 36.3 Å². The Labute approximate surface area is 218 Å². The van der Waals surface area contributed by atoms with Crippen molar-refractivity contribution in [1.82, 2.24) is 14.9 Å². The van der Waals surface area contributed by atoms with Crippen molar-refractivity contribution in [3.05, 3.63) is 36.0 Å². The number of hydrogen-bond acceptors (Lipinski definition) is 9. The number of nitrogens with one attached hydrogen (secondary N) is 2. The summed E-state index contributed by atoms with van der Waals surface area (Å²) < 4.78 is 10.9. The third kappa shape index (κ3) is 9.25. The summed E-state index contributed by atoms with van der Waals surface area (Å²) in [5, 5.41) is 5.89. The van der Waals surface area contributed by atoms with E-state index < -0.39 is 23.7 Å². The molecule has 0 radical (unpaired) electrons. The second-order valence-electron chi connectivity index (χ2n) is 9.63. The summed E-state index contributed by atoms with van der Waals surface area (Å²) in [5.41, 5.74) is 0.440. The summed E-state index contributed by atoms with van der Waals surface area (Å²) in [6.45, 7) is 12.1. The molecule has 2 aromatic rings. The van der Waals surface area contributed by atoms with Crippen LogP contribution in [-0.2, 0) is 20.7 Å². The zero-order valence-corrected chi connectivity index (χ0v) is 22.9. The molecule has 2 N–H and O–H groups in total. The molecule has 0 saturated heterocycles. The summed E-state index contributed by atoms with van der Waals surface area (Å²) >= 11 is 0. The Kier molecular flexibility index (Phi) is 10.2. The molecule has 0 aliphatic carbocycles. The SMILES string of the molecule is CCN(CC)c1ncc(NC(C)=O)c(N[C@@H](Cc2ccc(OC(=O)N(C)C)cc2)C(=O)OC(C)(C)C)n1. The van der Waals surface area contributed by atoms with Crippen LogP contribution in [0.25, 0.3) is 0 Å². The second kappa shape index (κ2) is 12.9. The summed E-state index contributed by atoms with van der Waals surface area (Å²) in [7, 11) is 3.20. The minimum absolute atomic E-state index is 0.251. The average molecular weight is 515 g/mol. The minimum Gasteiger partial charge on any atom is -0.458 e. The summed E-state index contributed by atoms with van der Waals surface area (Å²) in [6, 6.07) is 6.03. The van der Waals surface area contributed by atoms with E-state index >= 15 is 0 Å². The van der Waals surface area contributed by atoms with Crippen LogP contribution in [0.3, 0.4) is 0 Å². The van der Waals surface area contributed by atoms with Crippen molar-refractivity contribution in [2.24, 2.45) is 0 Å². The third-order valence-corrected chi connectivity index (χ3v) is 5.07. The van der Waals surface area contributed by atoms with Crippen molar-refractivity contribution in [3.8, 4) is 5.75 Å². The Balaban J connectivity index is 2.39. The van der Waals surface area contributed by atoms with Gasteiger partial charge < -0.3 is 29.9 Å². The molecular formula is C26H38N6O5. The van der Waals surface area contributed by atoms with E-state index in [2.05, 4.69) is 20.6 Å². The third-order valence-electron chi connectivity index (χ3n) is 5.07. The fourth-order valence-corrected chi connectivity index (χ4v) is 3.28. The van der Waals surface area contributed by atoms with E-state index in [1.54, 1.807) is 59.1 Å². The van der Waals surface area contributed by atoms with Gasteiger partial charge in [0.2, 0.25) is 11.9 Å². The van der Waals surface area contributed by atoms with Crippen molar-refractivity contribution < 1.29 is 23.9 Å². The monoisotopic (exact) mass is 514 g/mol. The highest BCUT2D eigenvalue weighted by Gasteiger charge is 2.27. The van der Waals surface area contributed by atoms with Gasteiger partial charge >= 0.3 is 12.1 Å². The molecule has 0 unspecified atom stereocenters. The van der Waals surface area contributed by atoms with Crippen molar-refractivity contribution in [2.45, 2.75) is 59.6 Å². The first kappa shape index (κ1) is 29.3. The van der Waals surface area contributed by atoms with Gasteiger partial charge in [0.25, 0.3) is 0 Å². The van der Waals surface area contributed by atoms with Crippen LogP contribution in [0.2, 0.25) is 0 Å².